The molecule has 1 aromatic carbocycles. The molecule has 6 nitrogen and oxygen atoms in total. The molecule has 1 amide bonds. The summed E-state index contributed by atoms with van der Waals surface area (Å²) in [7, 11) is 0. The second kappa shape index (κ2) is 7.34. The largest absolute Gasteiger partial charge is 0.480 e. The summed E-state index contributed by atoms with van der Waals surface area (Å²) in [5.74, 6) is -1.65. The quantitative estimate of drug-likeness (QED) is 0.836. The van der Waals surface area contributed by atoms with Crippen molar-refractivity contribution in [1.82, 2.24) is 9.88 Å². The van der Waals surface area contributed by atoms with Gasteiger partial charge in [0.2, 0.25) is 5.91 Å². The van der Waals surface area contributed by atoms with Crippen LogP contribution in [0.5, 0.6) is 0 Å². The summed E-state index contributed by atoms with van der Waals surface area (Å²) in [6.45, 7) is 4.99. The molecule has 0 fully saturated rings. The van der Waals surface area contributed by atoms with Crippen LogP contribution in [0.3, 0.4) is 0 Å². The van der Waals surface area contributed by atoms with Crippen molar-refractivity contribution in [1.29, 1.82) is 0 Å². The van der Waals surface area contributed by atoms with E-state index in [1.807, 2.05) is 25.1 Å². The van der Waals surface area contributed by atoms with Gasteiger partial charge in [-0.2, -0.15) is 0 Å². The van der Waals surface area contributed by atoms with Crippen LogP contribution in [0.4, 0.5) is 0 Å². The van der Waals surface area contributed by atoms with E-state index in [9.17, 15) is 19.5 Å². The van der Waals surface area contributed by atoms with Gasteiger partial charge in [-0.25, -0.2) is 4.79 Å². The Morgan fingerprint density at radius 3 is 2.40 bits per heavy atom. The average Bonchev–Trinajstić information content (AvgIpc) is 2.57. The topological polar surface area (TPSA) is 88.4 Å². The summed E-state index contributed by atoms with van der Waals surface area (Å²) >= 11 is 0. The van der Waals surface area contributed by atoms with Gasteiger partial charge in [0.25, 0.3) is 5.56 Å². The van der Waals surface area contributed by atoms with Crippen LogP contribution in [0.25, 0.3) is 0 Å². The highest BCUT2D eigenvalue weighted by Gasteiger charge is 2.33. The fourth-order valence-corrected chi connectivity index (χ4v) is 2.52. The van der Waals surface area contributed by atoms with Crippen LogP contribution in [0.2, 0.25) is 0 Å². The summed E-state index contributed by atoms with van der Waals surface area (Å²) in [4.78, 5) is 36.3. The van der Waals surface area contributed by atoms with E-state index < -0.39 is 23.5 Å². The molecule has 2 aromatic rings. The van der Waals surface area contributed by atoms with Crippen molar-refractivity contribution < 1.29 is 14.7 Å². The zero-order chi connectivity index (χ0) is 18.6. The molecule has 25 heavy (non-hydrogen) atoms. The number of nitrogens with one attached hydrogen (secondary N) is 1. The molecule has 1 aromatic heterocycles. The first-order chi connectivity index (χ1) is 11.7. The number of hydrogen-bond donors (Lipinski definition) is 2. The number of carboxylic acid groups (broad SMARTS) is 1. The maximum Gasteiger partial charge on any atom is 0.326 e. The molecule has 0 spiro atoms. The zero-order valence-electron chi connectivity index (χ0n) is 14.5. The van der Waals surface area contributed by atoms with E-state index in [0.717, 1.165) is 11.1 Å². The highest BCUT2D eigenvalue weighted by Crippen LogP contribution is 2.15. The van der Waals surface area contributed by atoms with E-state index in [1.165, 1.54) is 10.6 Å². The lowest BCUT2D eigenvalue weighted by Crippen LogP contribution is -2.53. The molecular formula is C19H22N2O4. The van der Waals surface area contributed by atoms with Gasteiger partial charge in [-0.3, -0.25) is 9.59 Å². The van der Waals surface area contributed by atoms with E-state index >= 15 is 0 Å². The Bertz CT molecular complexity index is 825. The molecule has 0 aliphatic carbocycles. The number of amides is 1. The third-order valence-electron chi connectivity index (χ3n) is 4.10. The Morgan fingerprint density at radius 1 is 1.16 bits per heavy atom. The van der Waals surface area contributed by atoms with Gasteiger partial charge >= 0.3 is 5.97 Å². The molecule has 0 saturated carbocycles. The number of nitrogens with zero attached hydrogens (tertiary/aromatic N) is 1. The maximum atomic E-state index is 12.7. The highest BCUT2D eigenvalue weighted by molar-refractivity contribution is 5.88. The zero-order valence-corrected chi connectivity index (χ0v) is 14.5. The van der Waals surface area contributed by atoms with Crippen LogP contribution in [-0.4, -0.2) is 27.6 Å². The van der Waals surface area contributed by atoms with Gasteiger partial charge in [-0.05, 0) is 31.9 Å². The molecule has 1 unspecified atom stereocenters. The van der Waals surface area contributed by atoms with Crippen LogP contribution >= 0.6 is 0 Å². The van der Waals surface area contributed by atoms with Crippen molar-refractivity contribution in [2.75, 3.05) is 0 Å². The van der Waals surface area contributed by atoms with Crippen molar-refractivity contribution in [2.45, 2.75) is 38.8 Å². The summed E-state index contributed by atoms with van der Waals surface area (Å²) in [6, 6.07) is 11.1. The van der Waals surface area contributed by atoms with E-state index in [4.69, 9.17) is 0 Å². The predicted molar refractivity (Wildman–Crippen MR) is 94.5 cm³/mol. The lowest BCUT2D eigenvalue weighted by atomic mass is 10.0. The van der Waals surface area contributed by atoms with Gasteiger partial charge < -0.3 is 15.0 Å². The van der Waals surface area contributed by atoms with Crippen molar-refractivity contribution >= 4 is 11.9 Å². The average molecular weight is 342 g/mol. The molecule has 0 radical (unpaired) electrons. The molecule has 1 heterocycles. The Kier molecular flexibility index (Phi) is 5.41. The van der Waals surface area contributed by atoms with E-state index in [2.05, 4.69) is 5.32 Å². The summed E-state index contributed by atoms with van der Waals surface area (Å²) < 4.78 is 1.32. The summed E-state index contributed by atoms with van der Waals surface area (Å²) in [5.41, 5.74) is 0.106. The minimum absolute atomic E-state index is 0.167. The number of aryl methyl sites for hydroxylation is 1. The van der Waals surface area contributed by atoms with Gasteiger partial charge in [0.15, 0.2) is 0 Å². The molecule has 0 aliphatic rings. The highest BCUT2D eigenvalue weighted by atomic mass is 16.4. The number of benzene rings is 1. The molecule has 0 saturated heterocycles. The number of carbonyl (C=O) groups excluding carboxylic acids is 1. The minimum atomic E-state index is -1.21. The first-order valence-electron chi connectivity index (χ1n) is 7.99. The van der Waals surface area contributed by atoms with Gasteiger partial charge in [0.1, 0.15) is 11.6 Å². The predicted octanol–water partition coefficient (Wildman–Crippen LogP) is 1.70. The normalized spacial score (nSPS) is 12.4. The van der Waals surface area contributed by atoms with E-state index in [1.54, 1.807) is 38.2 Å². The van der Waals surface area contributed by atoms with Gasteiger partial charge in [0, 0.05) is 18.7 Å². The Balaban J connectivity index is 2.23. The van der Waals surface area contributed by atoms with Crippen molar-refractivity contribution in [3.8, 4) is 0 Å². The van der Waals surface area contributed by atoms with Gasteiger partial charge in [0.05, 0.1) is 0 Å². The molecule has 6 heteroatoms. The number of aromatic nitrogens is 1. The van der Waals surface area contributed by atoms with Crippen molar-refractivity contribution in [3.63, 3.8) is 0 Å². The van der Waals surface area contributed by atoms with Gasteiger partial charge in [-0.1, -0.05) is 36.4 Å². The first-order valence-corrected chi connectivity index (χ1v) is 7.99. The van der Waals surface area contributed by atoms with Crippen LogP contribution in [0.1, 0.15) is 25.0 Å². The van der Waals surface area contributed by atoms with Gasteiger partial charge in [-0.15, -0.1) is 0 Å². The monoisotopic (exact) mass is 342 g/mol. The maximum absolute atomic E-state index is 12.7. The van der Waals surface area contributed by atoms with Crippen molar-refractivity contribution in [3.05, 3.63) is 70.1 Å². The van der Waals surface area contributed by atoms with Crippen LogP contribution in [0, 0.1) is 6.92 Å². The molecule has 2 N–H and O–H groups in total. The minimum Gasteiger partial charge on any atom is -0.480 e. The molecular weight excluding hydrogens is 320 g/mol. The lowest BCUT2D eigenvalue weighted by Gasteiger charge is -2.28. The molecule has 0 bridgehead atoms. The summed E-state index contributed by atoms with van der Waals surface area (Å²) in [6.07, 6.45) is 1.76. The van der Waals surface area contributed by atoms with E-state index in [-0.39, 0.29) is 12.0 Å². The Hall–Kier alpha value is -2.89. The molecule has 1 atom stereocenters. The fraction of sp³-hybridized carbons (Fsp3) is 0.316. The Labute approximate surface area is 146 Å². The standard InChI is InChI=1S/C19H22N2O4/c1-13-9-10-16(22)21(12-13)19(2,3)18(25)20-15(17(23)24)11-14-7-5-4-6-8-14/h4-10,12,15H,11H2,1-3H3,(H,20,25)(H,23,24). The Morgan fingerprint density at radius 2 is 1.80 bits per heavy atom. The second-order valence-corrected chi connectivity index (χ2v) is 6.53. The fourth-order valence-electron chi connectivity index (χ4n) is 2.52. The number of carboxylic acids is 1. The lowest BCUT2D eigenvalue weighted by molar-refractivity contribution is -0.143. The van der Waals surface area contributed by atoms with Crippen LogP contribution in [0.15, 0.2) is 53.5 Å². The number of pyridine rings is 1. The van der Waals surface area contributed by atoms with E-state index in [0.29, 0.717) is 0 Å². The van der Waals surface area contributed by atoms with Crippen LogP contribution in [-0.2, 0) is 21.5 Å². The van der Waals surface area contributed by atoms with Crippen LogP contribution < -0.4 is 10.9 Å². The molecule has 132 valence electrons. The smallest absolute Gasteiger partial charge is 0.326 e. The number of aliphatic carboxylic acids is 1. The number of rotatable bonds is 6. The molecule has 2 rings (SSSR count). The van der Waals surface area contributed by atoms with Crippen molar-refractivity contribution in [2.24, 2.45) is 0 Å². The first kappa shape index (κ1) is 18.4. The SMILES string of the molecule is Cc1ccc(=O)n(C(C)(C)C(=O)NC(Cc2ccccc2)C(=O)O)c1. The number of hydrogen-bond acceptors (Lipinski definition) is 3. The molecule has 0 aliphatic heterocycles. The summed E-state index contributed by atoms with van der Waals surface area (Å²) in [5, 5.41) is 12.0. The third kappa shape index (κ3) is 4.35. The third-order valence-corrected chi connectivity index (χ3v) is 4.10. The number of carbonyl (C=O) groups is 2. The second-order valence-electron chi connectivity index (χ2n) is 6.53.